The lowest BCUT2D eigenvalue weighted by atomic mass is 10.3. The average molecular weight is 227 g/mol. The second-order valence-corrected chi connectivity index (χ2v) is 3.87. The van der Waals surface area contributed by atoms with E-state index in [1.54, 1.807) is 6.07 Å². The third-order valence-electron chi connectivity index (χ3n) is 1.39. The molecule has 0 aliphatic carbocycles. The Morgan fingerprint density at radius 1 is 1.47 bits per heavy atom. The Hall–Kier alpha value is -1.49. The number of nitrogens with one attached hydrogen (secondary N) is 1. The van der Waals surface area contributed by atoms with Gasteiger partial charge in [0.2, 0.25) is 0 Å². The average Bonchev–Trinajstić information content (AvgIpc) is 2.49. The molecule has 4 nitrogen and oxygen atoms in total. The minimum Gasteiger partial charge on any atom is -0.386 e. The summed E-state index contributed by atoms with van der Waals surface area (Å²) in [5, 5.41) is 3.43. The zero-order chi connectivity index (χ0) is 12.0. The highest BCUT2D eigenvalue weighted by molar-refractivity contribution is 7.16. The quantitative estimate of drug-likeness (QED) is 0.739. The van der Waals surface area contributed by atoms with Gasteiger partial charge in [-0.05, 0) is 13.0 Å². The SMILES string of the molecule is C=C(N)Nc1sc(C)cc1C(N)=O.CC. The van der Waals surface area contributed by atoms with Gasteiger partial charge in [0.1, 0.15) is 5.00 Å². The van der Waals surface area contributed by atoms with E-state index in [4.69, 9.17) is 11.5 Å². The first-order valence-electron chi connectivity index (χ1n) is 4.62. The third kappa shape index (κ3) is 4.03. The first-order valence-corrected chi connectivity index (χ1v) is 5.44. The highest BCUT2D eigenvalue weighted by Gasteiger charge is 2.11. The molecule has 0 aromatic carbocycles. The Balaban J connectivity index is 0.000000921. The summed E-state index contributed by atoms with van der Waals surface area (Å²) >= 11 is 1.42. The minimum absolute atomic E-state index is 0.296. The van der Waals surface area contributed by atoms with Crippen molar-refractivity contribution in [3.8, 4) is 0 Å². The first kappa shape index (κ1) is 13.5. The molecule has 0 unspecified atom stereocenters. The molecule has 0 radical (unpaired) electrons. The Bertz CT molecular complexity index is 358. The summed E-state index contributed by atoms with van der Waals surface area (Å²) < 4.78 is 0. The van der Waals surface area contributed by atoms with Crippen LogP contribution in [-0.2, 0) is 0 Å². The van der Waals surface area contributed by atoms with Gasteiger partial charge in [0, 0.05) is 4.88 Å². The summed E-state index contributed by atoms with van der Waals surface area (Å²) in [6, 6.07) is 1.72. The molecular weight excluding hydrogens is 210 g/mol. The van der Waals surface area contributed by atoms with E-state index in [9.17, 15) is 4.79 Å². The number of amides is 1. The molecule has 1 amide bonds. The van der Waals surface area contributed by atoms with Crippen LogP contribution in [-0.4, -0.2) is 5.91 Å². The van der Waals surface area contributed by atoms with E-state index in [0.717, 1.165) is 4.88 Å². The van der Waals surface area contributed by atoms with Crippen LogP contribution in [0.4, 0.5) is 5.00 Å². The molecule has 84 valence electrons. The fourth-order valence-electron chi connectivity index (χ4n) is 0.936. The number of carbonyl (C=O) groups excluding carboxylic acids is 1. The summed E-state index contributed by atoms with van der Waals surface area (Å²) in [5.74, 6) is -0.169. The van der Waals surface area contributed by atoms with Crippen LogP contribution in [0.3, 0.4) is 0 Å². The van der Waals surface area contributed by atoms with Gasteiger partial charge < -0.3 is 16.8 Å². The van der Waals surface area contributed by atoms with Crippen LogP contribution in [0.2, 0.25) is 0 Å². The van der Waals surface area contributed by atoms with Crippen molar-refractivity contribution in [2.45, 2.75) is 20.8 Å². The van der Waals surface area contributed by atoms with Crippen LogP contribution < -0.4 is 16.8 Å². The van der Waals surface area contributed by atoms with Crippen molar-refractivity contribution in [1.82, 2.24) is 0 Å². The smallest absolute Gasteiger partial charge is 0.251 e. The van der Waals surface area contributed by atoms with E-state index in [0.29, 0.717) is 16.4 Å². The van der Waals surface area contributed by atoms with E-state index in [1.165, 1.54) is 11.3 Å². The summed E-state index contributed by atoms with van der Waals surface area (Å²) in [4.78, 5) is 11.9. The van der Waals surface area contributed by atoms with E-state index in [-0.39, 0.29) is 0 Å². The second kappa shape index (κ2) is 6.08. The Morgan fingerprint density at radius 2 is 2.00 bits per heavy atom. The molecule has 0 saturated carbocycles. The monoisotopic (exact) mass is 227 g/mol. The van der Waals surface area contributed by atoms with Crippen molar-refractivity contribution in [3.05, 3.63) is 28.9 Å². The van der Waals surface area contributed by atoms with Crippen molar-refractivity contribution in [3.63, 3.8) is 0 Å². The molecule has 1 aromatic heterocycles. The van der Waals surface area contributed by atoms with Crippen LogP contribution in [0.25, 0.3) is 0 Å². The molecule has 5 N–H and O–H groups in total. The first-order chi connectivity index (χ1) is 7.00. The van der Waals surface area contributed by atoms with Crippen LogP contribution in [0.1, 0.15) is 29.1 Å². The predicted molar refractivity (Wildman–Crippen MR) is 65.9 cm³/mol. The van der Waals surface area contributed by atoms with Gasteiger partial charge in [-0.15, -0.1) is 11.3 Å². The zero-order valence-corrected chi connectivity index (χ0v) is 10.1. The van der Waals surface area contributed by atoms with E-state index < -0.39 is 5.91 Å². The molecule has 0 spiro atoms. The molecule has 1 heterocycles. The number of primary amides is 1. The van der Waals surface area contributed by atoms with Crippen LogP contribution in [0, 0.1) is 6.92 Å². The molecule has 0 atom stereocenters. The highest BCUT2D eigenvalue weighted by Crippen LogP contribution is 2.27. The van der Waals surface area contributed by atoms with Gasteiger partial charge >= 0.3 is 0 Å². The maximum atomic E-state index is 10.9. The van der Waals surface area contributed by atoms with E-state index >= 15 is 0 Å². The molecule has 0 bridgehead atoms. The molecule has 0 saturated heterocycles. The topological polar surface area (TPSA) is 81.1 Å². The van der Waals surface area contributed by atoms with Gasteiger partial charge in [-0.3, -0.25) is 4.79 Å². The largest absolute Gasteiger partial charge is 0.386 e. The number of hydrogen-bond donors (Lipinski definition) is 3. The van der Waals surface area contributed by atoms with Crippen LogP contribution in [0.5, 0.6) is 0 Å². The third-order valence-corrected chi connectivity index (χ3v) is 2.36. The molecule has 0 aliphatic rings. The van der Waals surface area contributed by atoms with Gasteiger partial charge in [0.05, 0.1) is 11.4 Å². The lowest BCUT2D eigenvalue weighted by Gasteiger charge is -2.02. The molecule has 0 fully saturated rings. The van der Waals surface area contributed by atoms with Crippen molar-refractivity contribution in [2.75, 3.05) is 5.32 Å². The lowest BCUT2D eigenvalue weighted by Crippen LogP contribution is -2.14. The van der Waals surface area contributed by atoms with E-state index in [2.05, 4.69) is 11.9 Å². The number of thiophene rings is 1. The van der Waals surface area contributed by atoms with Crippen molar-refractivity contribution in [2.24, 2.45) is 11.5 Å². The summed E-state index contributed by atoms with van der Waals surface area (Å²) in [5.41, 5.74) is 11.0. The number of carbonyl (C=O) groups is 1. The lowest BCUT2D eigenvalue weighted by molar-refractivity contribution is 0.100. The van der Waals surface area contributed by atoms with Crippen molar-refractivity contribution < 1.29 is 4.79 Å². The second-order valence-electron chi connectivity index (χ2n) is 2.61. The predicted octanol–water partition coefficient (Wildman–Crippen LogP) is 2.02. The Kier molecular flexibility index (Phi) is 5.48. The molecule has 1 rings (SSSR count). The van der Waals surface area contributed by atoms with E-state index in [1.807, 2.05) is 20.8 Å². The fraction of sp³-hybridized carbons (Fsp3) is 0.300. The molecule has 1 aromatic rings. The molecule has 5 heteroatoms. The van der Waals surface area contributed by atoms with Gasteiger partial charge in [-0.1, -0.05) is 20.4 Å². The van der Waals surface area contributed by atoms with Gasteiger partial charge in [-0.25, -0.2) is 0 Å². The number of rotatable bonds is 3. The van der Waals surface area contributed by atoms with Crippen LogP contribution in [0.15, 0.2) is 18.5 Å². The fourth-order valence-corrected chi connectivity index (χ4v) is 1.89. The summed E-state index contributed by atoms with van der Waals surface area (Å²) in [6.45, 7) is 9.37. The number of anilines is 1. The highest BCUT2D eigenvalue weighted by atomic mass is 32.1. The summed E-state index contributed by atoms with van der Waals surface area (Å²) in [6.07, 6.45) is 0. The maximum absolute atomic E-state index is 10.9. The van der Waals surface area contributed by atoms with Gasteiger partial charge in [-0.2, -0.15) is 0 Å². The van der Waals surface area contributed by atoms with Gasteiger partial charge in [0.15, 0.2) is 0 Å². The van der Waals surface area contributed by atoms with Crippen LogP contribution >= 0.6 is 11.3 Å². The zero-order valence-electron chi connectivity index (χ0n) is 9.26. The Labute approximate surface area is 94.0 Å². The number of hydrogen-bond acceptors (Lipinski definition) is 4. The summed E-state index contributed by atoms with van der Waals surface area (Å²) in [7, 11) is 0. The number of aryl methyl sites for hydroxylation is 1. The van der Waals surface area contributed by atoms with Gasteiger partial charge in [0.25, 0.3) is 5.91 Å². The standard InChI is InChI=1S/C8H11N3OS.C2H6/c1-4-3-6(7(10)12)8(13-4)11-5(2)9;1-2/h3,11H,2,9H2,1H3,(H2,10,12);1-2H3. The van der Waals surface area contributed by atoms with Crippen molar-refractivity contribution in [1.29, 1.82) is 0 Å². The molecule has 15 heavy (non-hydrogen) atoms. The normalized spacial score (nSPS) is 8.73. The molecule has 0 aliphatic heterocycles. The maximum Gasteiger partial charge on any atom is 0.251 e. The minimum atomic E-state index is -0.465. The number of nitrogens with two attached hydrogens (primary N) is 2. The van der Waals surface area contributed by atoms with Crippen molar-refractivity contribution >= 4 is 22.2 Å². The Morgan fingerprint density at radius 3 is 2.40 bits per heavy atom. The molecular formula is C10H17N3OS.